The number of ether oxygens (including phenoxy) is 1. The molecule has 0 unspecified atom stereocenters. The number of methoxy groups -OCH3 is 1. The first kappa shape index (κ1) is 15.5. The molecule has 0 aliphatic carbocycles. The van der Waals surface area contributed by atoms with Gasteiger partial charge in [-0.15, -0.1) is 0 Å². The Morgan fingerprint density at radius 3 is 2.43 bits per heavy atom. The van der Waals surface area contributed by atoms with Crippen molar-refractivity contribution in [3.05, 3.63) is 76.3 Å². The Balaban J connectivity index is 2.12. The molecule has 0 bridgehead atoms. The summed E-state index contributed by atoms with van der Waals surface area (Å²) in [7, 11) is 1.43. The minimum absolute atomic E-state index is 0.213. The van der Waals surface area contributed by atoms with E-state index in [1.807, 2.05) is 66.7 Å². The van der Waals surface area contributed by atoms with Crippen molar-refractivity contribution in [1.29, 1.82) is 0 Å². The highest BCUT2D eigenvalue weighted by Gasteiger charge is 2.19. The van der Waals surface area contributed by atoms with Gasteiger partial charge in [-0.1, -0.05) is 70.5 Å². The van der Waals surface area contributed by atoms with E-state index in [-0.39, 0.29) is 11.9 Å². The van der Waals surface area contributed by atoms with Crippen LogP contribution in [0.25, 0.3) is 6.08 Å². The lowest BCUT2D eigenvalue weighted by Gasteiger charge is -2.13. The van der Waals surface area contributed by atoms with Crippen LogP contribution in [0.3, 0.4) is 0 Å². The highest BCUT2D eigenvalue weighted by atomic mass is 79.9. The summed E-state index contributed by atoms with van der Waals surface area (Å²) in [5.74, 6) is -0.488. The summed E-state index contributed by atoms with van der Waals surface area (Å²) in [6.45, 7) is 0. The number of benzene rings is 2. The predicted molar refractivity (Wildman–Crippen MR) is 89.0 cm³/mol. The molecule has 2 aromatic rings. The molecule has 1 atom stereocenters. The second-order valence-electron chi connectivity index (χ2n) is 4.68. The van der Waals surface area contributed by atoms with Crippen LogP contribution in [0.2, 0.25) is 0 Å². The lowest BCUT2D eigenvalue weighted by Crippen LogP contribution is -2.13. The first-order valence-corrected chi connectivity index (χ1v) is 7.55. The van der Waals surface area contributed by atoms with Gasteiger partial charge in [0.15, 0.2) is 0 Å². The van der Waals surface area contributed by atoms with E-state index in [2.05, 4.69) is 15.9 Å². The molecule has 108 valence electrons. The number of carbonyl (C=O) groups excluding carboxylic acids is 1. The van der Waals surface area contributed by atoms with Crippen LogP contribution in [0.15, 0.2) is 65.1 Å². The van der Waals surface area contributed by atoms with Gasteiger partial charge >= 0.3 is 5.97 Å². The van der Waals surface area contributed by atoms with E-state index in [0.717, 1.165) is 15.6 Å². The Bertz CT molecular complexity index is 603. The van der Waals surface area contributed by atoms with Crippen molar-refractivity contribution in [3.8, 4) is 0 Å². The van der Waals surface area contributed by atoms with Crippen LogP contribution >= 0.6 is 15.9 Å². The fourth-order valence-corrected chi connectivity index (χ4v) is 2.37. The second kappa shape index (κ2) is 7.79. The van der Waals surface area contributed by atoms with E-state index in [4.69, 9.17) is 4.74 Å². The maximum absolute atomic E-state index is 12.0. The molecule has 0 aliphatic rings. The van der Waals surface area contributed by atoms with Crippen LogP contribution in [0.5, 0.6) is 0 Å². The molecule has 0 spiro atoms. The number of hydrogen-bond acceptors (Lipinski definition) is 2. The van der Waals surface area contributed by atoms with Crippen molar-refractivity contribution >= 4 is 28.0 Å². The third-order valence-electron chi connectivity index (χ3n) is 3.24. The SMILES string of the molecule is COC(=O)[C@@H](C/C=C/c1ccccc1)c1ccc(Br)cc1. The van der Waals surface area contributed by atoms with Gasteiger partial charge in [-0.3, -0.25) is 4.79 Å². The van der Waals surface area contributed by atoms with Crippen molar-refractivity contribution in [2.75, 3.05) is 7.11 Å². The van der Waals surface area contributed by atoms with Crippen molar-refractivity contribution in [2.45, 2.75) is 12.3 Å². The summed E-state index contributed by atoms with van der Waals surface area (Å²) in [5, 5.41) is 0. The van der Waals surface area contributed by atoms with Crippen LogP contribution in [-0.4, -0.2) is 13.1 Å². The molecule has 0 saturated carbocycles. The van der Waals surface area contributed by atoms with Crippen LogP contribution in [0, 0.1) is 0 Å². The Morgan fingerprint density at radius 2 is 1.81 bits per heavy atom. The standard InChI is InChI=1S/C18H17BrO2/c1-21-18(20)17(15-10-12-16(19)13-11-15)9-5-8-14-6-3-2-4-7-14/h2-8,10-13,17H,9H2,1H3/b8-5+/t17-/m0/s1. The zero-order valence-electron chi connectivity index (χ0n) is 11.8. The van der Waals surface area contributed by atoms with Gasteiger partial charge in [0, 0.05) is 4.47 Å². The second-order valence-corrected chi connectivity index (χ2v) is 5.59. The summed E-state index contributed by atoms with van der Waals surface area (Å²) in [4.78, 5) is 12.0. The smallest absolute Gasteiger partial charge is 0.313 e. The monoisotopic (exact) mass is 344 g/mol. The first-order valence-electron chi connectivity index (χ1n) is 6.75. The fraction of sp³-hybridized carbons (Fsp3) is 0.167. The largest absolute Gasteiger partial charge is 0.469 e. The number of rotatable bonds is 5. The Kier molecular flexibility index (Phi) is 5.76. The van der Waals surface area contributed by atoms with E-state index in [1.54, 1.807) is 0 Å². The van der Waals surface area contributed by atoms with Gasteiger partial charge in [0.05, 0.1) is 13.0 Å². The molecule has 3 heteroatoms. The van der Waals surface area contributed by atoms with Crippen LogP contribution < -0.4 is 0 Å². The van der Waals surface area contributed by atoms with Gasteiger partial charge in [0.25, 0.3) is 0 Å². The molecule has 21 heavy (non-hydrogen) atoms. The fourth-order valence-electron chi connectivity index (χ4n) is 2.11. The third-order valence-corrected chi connectivity index (χ3v) is 3.77. The molecule has 0 N–H and O–H groups in total. The number of halogens is 1. The van der Waals surface area contributed by atoms with E-state index in [9.17, 15) is 4.79 Å². The molecule has 0 radical (unpaired) electrons. The summed E-state index contributed by atoms with van der Waals surface area (Å²) in [5.41, 5.74) is 2.08. The highest BCUT2D eigenvalue weighted by Crippen LogP contribution is 2.24. The lowest BCUT2D eigenvalue weighted by molar-refractivity contribution is -0.142. The minimum Gasteiger partial charge on any atom is -0.469 e. The van der Waals surface area contributed by atoms with E-state index < -0.39 is 0 Å². The average molecular weight is 345 g/mol. The summed E-state index contributed by atoms with van der Waals surface area (Å²) in [6, 6.07) is 17.8. The average Bonchev–Trinajstić information content (AvgIpc) is 2.53. The van der Waals surface area contributed by atoms with Gasteiger partial charge < -0.3 is 4.74 Å². The number of esters is 1. The van der Waals surface area contributed by atoms with Gasteiger partial charge in [-0.25, -0.2) is 0 Å². The van der Waals surface area contributed by atoms with Gasteiger partial charge in [0.1, 0.15) is 0 Å². The van der Waals surface area contributed by atoms with Crippen molar-refractivity contribution in [2.24, 2.45) is 0 Å². The van der Waals surface area contributed by atoms with Crippen molar-refractivity contribution in [3.63, 3.8) is 0 Å². The maximum atomic E-state index is 12.0. The Hall–Kier alpha value is -1.87. The number of carbonyl (C=O) groups is 1. The summed E-state index contributed by atoms with van der Waals surface area (Å²) < 4.78 is 5.91. The summed E-state index contributed by atoms with van der Waals surface area (Å²) >= 11 is 3.40. The summed E-state index contributed by atoms with van der Waals surface area (Å²) in [6.07, 6.45) is 4.65. The molecule has 0 aliphatic heterocycles. The molecule has 0 fully saturated rings. The quantitative estimate of drug-likeness (QED) is 0.727. The zero-order chi connectivity index (χ0) is 15.1. The first-order chi connectivity index (χ1) is 10.2. The predicted octanol–water partition coefficient (Wildman–Crippen LogP) is 4.81. The molecule has 0 saturated heterocycles. The third kappa shape index (κ3) is 4.57. The molecule has 2 nitrogen and oxygen atoms in total. The Morgan fingerprint density at radius 1 is 1.14 bits per heavy atom. The van der Waals surface area contributed by atoms with E-state index in [1.165, 1.54) is 7.11 Å². The van der Waals surface area contributed by atoms with Crippen molar-refractivity contribution in [1.82, 2.24) is 0 Å². The Labute approximate surface area is 133 Å². The van der Waals surface area contributed by atoms with Gasteiger partial charge in [-0.05, 0) is 29.7 Å². The van der Waals surface area contributed by atoms with E-state index >= 15 is 0 Å². The maximum Gasteiger partial charge on any atom is 0.313 e. The topological polar surface area (TPSA) is 26.3 Å². The molecular formula is C18H17BrO2. The van der Waals surface area contributed by atoms with Gasteiger partial charge in [0.2, 0.25) is 0 Å². The normalized spacial score (nSPS) is 12.3. The highest BCUT2D eigenvalue weighted by molar-refractivity contribution is 9.10. The molecule has 0 heterocycles. The van der Waals surface area contributed by atoms with Crippen LogP contribution in [0.4, 0.5) is 0 Å². The zero-order valence-corrected chi connectivity index (χ0v) is 13.4. The molecule has 2 rings (SSSR count). The van der Waals surface area contributed by atoms with Crippen molar-refractivity contribution < 1.29 is 9.53 Å². The van der Waals surface area contributed by atoms with Crippen LogP contribution in [-0.2, 0) is 9.53 Å². The number of allylic oxidation sites excluding steroid dienone is 1. The lowest BCUT2D eigenvalue weighted by atomic mass is 9.95. The molecule has 2 aromatic carbocycles. The molecular weight excluding hydrogens is 328 g/mol. The van der Waals surface area contributed by atoms with Gasteiger partial charge in [-0.2, -0.15) is 0 Å². The van der Waals surface area contributed by atoms with E-state index in [0.29, 0.717) is 6.42 Å². The number of hydrogen-bond donors (Lipinski definition) is 0. The molecule has 0 amide bonds. The molecule has 0 aromatic heterocycles. The van der Waals surface area contributed by atoms with Crippen LogP contribution in [0.1, 0.15) is 23.5 Å². The minimum atomic E-state index is -0.275.